The molecular weight excluding hydrogens is 442 g/mol. The zero-order chi connectivity index (χ0) is 22.3. The minimum atomic E-state index is -3.87. The Morgan fingerprint density at radius 3 is 2.44 bits per heavy atom. The van der Waals surface area contributed by atoms with Crippen molar-refractivity contribution in [2.24, 2.45) is 0 Å². The van der Waals surface area contributed by atoms with Crippen molar-refractivity contribution in [1.82, 2.24) is 19.8 Å². The van der Waals surface area contributed by atoms with Crippen LogP contribution in [-0.2, 0) is 22.8 Å². The molecule has 0 saturated heterocycles. The third-order valence-corrected chi connectivity index (χ3v) is 7.98. The van der Waals surface area contributed by atoms with E-state index in [-0.39, 0.29) is 15.6 Å². The smallest absolute Gasteiger partial charge is 0.229 e. The first-order valence-electron chi connectivity index (χ1n) is 10.2. The van der Waals surface area contributed by atoms with Crippen LogP contribution in [0.4, 0.5) is 5.82 Å². The van der Waals surface area contributed by atoms with Crippen LogP contribution in [0, 0.1) is 6.92 Å². The fourth-order valence-corrected chi connectivity index (χ4v) is 5.60. The number of benzene rings is 2. The zero-order valence-corrected chi connectivity index (χ0v) is 19.2. The van der Waals surface area contributed by atoms with Crippen LogP contribution in [0.1, 0.15) is 23.6 Å². The summed E-state index contributed by atoms with van der Waals surface area (Å²) < 4.78 is 29.1. The van der Waals surface area contributed by atoms with Gasteiger partial charge in [0.25, 0.3) is 0 Å². The minimum Gasteiger partial charge on any atom is -0.365 e. The predicted octanol–water partition coefficient (Wildman–Crippen LogP) is 4.65. The third-order valence-electron chi connectivity index (χ3n) is 5.40. The Kier molecular flexibility index (Phi) is 5.15. The maximum absolute atomic E-state index is 13.3. The number of hydrogen-bond acceptors (Lipinski definition) is 7. The minimum absolute atomic E-state index is 0.145. The van der Waals surface area contributed by atoms with Crippen molar-refractivity contribution >= 4 is 42.9 Å². The molecule has 9 heteroatoms. The number of hydrogen-bond donors (Lipinski definition) is 1. The molecule has 2 aromatic carbocycles. The van der Waals surface area contributed by atoms with Crippen LogP contribution in [0.25, 0.3) is 15.9 Å². The van der Waals surface area contributed by atoms with E-state index in [2.05, 4.69) is 44.9 Å². The first-order chi connectivity index (χ1) is 15.5. The molecular formula is C23H21N5O2S2. The number of fused-ring (bicyclic) bond motifs is 3. The van der Waals surface area contributed by atoms with Crippen LogP contribution in [0.2, 0.25) is 0 Å². The molecule has 7 nitrogen and oxygen atoms in total. The quantitative estimate of drug-likeness (QED) is 0.394. The second kappa shape index (κ2) is 7.99. The molecule has 0 fully saturated rings. The molecule has 3 aromatic heterocycles. The van der Waals surface area contributed by atoms with E-state index in [0.29, 0.717) is 12.4 Å². The van der Waals surface area contributed by atoms with Crippen molar-refractivity contribution in [2.75, 3.05) is 5.32 Å². The Bertz CT molecular complexity index is 1520. The lowest BCUT2D eigenvalue weighted by Gasteiger charge is -2.09. The maximum Gasteiger partial charge on any atom is 0.229 e. The highest BCUT2D eigenvalue weighted by Crippen LogP contribution is 2.31. The van der Waals surface area contributed by atoms with Gasteiger partial charge in [-0.2, -0.15) is 4.52 Å². The number of nitrogens with zero attached hydrogens (tertiary/aromatic N) is 4. The number of aryl methyl sites for hydroxylation is 2. The van der Waals surface area contributed by atoms with Gasteiger partial charge in [0.2, 0.25) is 14.9 Å². The third kappa shape index (κ3) is 3.53. The number of rotatable bonds is 6. The lowest BCUT2D eigenvalue weighted by molar-refractivity contribution is 0.592. The van der Waals surface area contributed by atoms with Crippen LogP contribution in [-0.4, -0.2) is 28.2 Å². The van der Waals surface area contributed by atoms with Gasteiger partial charge in [0, 0.05) is 6.54 Å². The highest BCUT2D eigenvalue weighted by atomic mass is 32.2. The average Bonchev–Trinajstić information content (AvgIpc) is 3.46. The second-order valence-corrected chi connectivity index (χ2v) is 10.3. The van der Waals surface area contributed by atoms with Crippen LogP contribution < -0.4 is 5.32 Å². The van der Waals surface area contributed by atoms with E-state index < -0.39 is 9.84 Å². The first-order valence-corrected chi connectivity index (χ1v) is 12.6. The molecule has 0 bridgehead atoms. The van der Waals surface area contributed by atoms with E-state index in [1.165, 1.54) is 21.4 Å². The summed E-state index contributed by atoms with van der Waals surface area (Å²) in [6.45, 7) is 4.64. The normalized spacial score (nSPS) is 11.9. The number of sulfone groups is 1. The van der Waals surface area contributed by atoms with Crippen LogP contribution >= 0.6 is 11.3 Å². The number of nitrogens with one attached hydrogen (secondary N) is 1. The molecule has 0 aliphatic rings. The molecule has 5 rings (SSSR count). The molecule has 0 atom stereocenters. The molecule has 0 saturated carbocycles. The van der Waals surface area contributed by atoms with E-state index in [1.54, 1.807) is 12.1 Å². The Morgan fingerprint density at radius 1 is 1.00 bits per heavy atom. The fraction of sp³-hybridized carbons (Fsp3) is 0.174. The Morgan fingerprint density at radius 2 is 1.72 bits per heavy atom. The van der Waals surface area contributed by atoms with Gasteiger partial charge >= 0.3 is 0 Å². The van der Waals surface area contributed by atoms with Crippen molar-refractivity contribution in [3.8, 4) is 0 Å². The zero-order valence-electron chi connectivity index (χ0n) is 17.6. The summed E-state index contributed by atoms with van der Waals surface area (Å²) in [5.74, 6) is 0.614. The van der Waals surface area contributed by atoms with Gasteiger partial charge in [-0.3, -0.25) is 0 Å². The van der Waals surface area contributed by atoms with Gasteiger partial charge in [-0.1, -0.05) is 54.1 Å². The van der Waals surface area contributed by atoms with Crippen molar-refractivity contribution in [3.05, 3.63) is 76.7 Å². The first kappa shape index (κ1) is 20.6. The second-order valence-electron chi connectivity index (χ2n) is 7.57. The summed E-state index contributed by atoms with van der Waals surface area (Å²) in [7, 11) is -3.87. The summed E-state index contributed by atoms with van der Waals surface area (Å²) in [5, 5.41) is 13.3. The summed E-state index contributed by atoms with van der Waals surface area (Å²) >= 11 is 1.52. The van der Waals surface area contributed by atoms with E-state index in [4.69, 9.17) is 0 Å². The average molecular weight is 464 g/mol. The molecule has 162 valence electrons. The van der Waals surface area contributed by atoms with E-state index in [0.717, 1.165) is 27.8 Å². The van der Waals surface area contributed by atoms with Crippen molar-refractivity contribution in [3.63, 3.8) is 0 Å². The van der Waals surface area contributed by atoms with E-state index in [1.807, 2.05) is 37.4 Å². The lowest BCUT2D eigenvalue weighted by atomic mass is 10.1. The summed E-state index contributed by atoms with van der Waals surface area (Å²) in [5.41, 5.74) is 4.35. The van der Waals surface area contributed by atoms with Gasteiger partial charge in [-0.25, -0.2) is 13.4 Å². The topological polar surface area (TPSA) is 89.2 Å². The molecule has 0 spiro atoms. The van der Waals surface area contributed by atoms with Gasteiger partial charge in [0.1, 0.15) is 5.82 Å². The van der Waals surface area contributed by atoms with Gasteiger partial charge in [-0.05, 0) is 48.1 Å². The highest BCUT2D eigenvalue weighted by molar-refractivity contribution is 7.91. The lowest BCUT2D eigenvalue weighted by Crippen LogP contribution is -2.07. The molecule has 3 heterocycles. The van der Waals surface area contributed by atoms with Crippen LogP contribution in [0.3, 0.4) is 0 Å². The predicted molar refractivity (Wildman–Crippen MR) is 126 cm³/mol. The standard InChI is InChI=1S/C23H21N5O2S2/c1-3-16-8-10-18(11-9-16)32(29,30)23-22-25-21(24-14-17-6-4-15(2)5-7-17)20-19(12-13-31-20)28(22)27-26-23/h4-13H,3,14H2,1-2H3,(H,24,25). The van der Waals surface area contributed by atoms with Crippen molar-refractivity contribution in [1.29, 1.82) is 0 Å². The monoisotopic (exact) mass is 463 g/mol. The molecule has 0 unspecified atom stereocenters. The molecule has 0 aliphatic heterocycles. The van der Waals surface area contributed by atoms with Gasteiger partial charge < -0.3 is 5.32 Å². The number of aromatic nitrogens is 4. The van der Waals surface area contributed by atoms with Crippen LogP contribution in [0.15, 0.2) is 69.9 Å². The maximum atomic E-state index is 13.3. The van der Waals surface area contributed by atoms with Crippen LogP contribution in [0.5, 0.6) is 0 Å². The molecule has 1 N–H and O–H groups in total. The van der Waals surface area contributed by atoms with Gasteiger partial charge in [-0.15, -0.1) is 16.4 Å². The largest absolute Gasteiger partial charge is 0.365 e. The Hall–Kier alpha value is -3.30. The number of thiophene rings is 1. The number of anilines is 1. The van der Waals surface area contributed by atoms with E-state index in [9.17, 15) is 8.42 Å². The molecule has 0 aliphatic carbocycles. The summed E-state index contributed by atoms with van der Waals surface area (Å²) in [4.78, 5) is 4.83. The Labute approximate surface area is 189 Å². The summed E-state index contributed by atoms with van der Waals surface area (Å²) in [6, 6.07) is 17.0. The Balaban J connectivity index is 1.59. The molecule has 0 radical (unpaired) electrons. The molecule has 0 amide bonds. The fourth-order valence-electron chi connectivity index (χ4n) is 3.53. The van der Waals surface area contributed by atoms with Gasteiger partial charge in [0.15, 0.2) is 5.65 Å². The highest BCUT2D eigenvalue weighted by Gasteiger charge is 2.27. The van der Waals surface area contributed by atoms with Crippen molar-refractivity contribution < 1.29 is 8.42 Å². The van der Waals surface area contributed by atoms with Crippen molar-refractivity contribution in [2.45, 2.75) is 36.7 Å². The molecule has 32 heavy (non-hydrogen) atoms. The molecule has 5 aromatic rings. The van der Waals surface area contributed by atoms with E-state index >= 15 is 0 Å². The SMILES string of the molecule is CCc1ccc(S(=O)(=O)c2nnn3c2nc(NCc2ccc(C)cc2)c2sccc23)cc1. The summed E-state index contributed by atoms with van der Waals surface area (Å²) in [6.07, 6.45) is 0.836. The van der Waals surface area contributed by atoms with Gasteiger partial charge in [0.05, 0.1) is 15.1 Å².